The lowest BCUT2D eigenvalue weighted by molar-refractivity contribution is -0.151. The van der Waals surface area contributed by atoms with Crippen molar-refractivity contribution < 1.29 is 37.1 Å². The van der Waals surface area contributed by atoms with Crippen LogP contribution < -0.4 is 9.46 Å². The Morgan fingerprint density at radius 3 is 2.57 bits per heavy atom. The van der Waals surface area contributed by atoms with E-state index in [9.17, 15) is 27.6 Å². The Balaban J connectivity index is 1.36. The summed E-state index contributed by atoms with van der Waals surface area (Å²) >= 11 is 1.57. The van der Waals surface area contributed by atoms with Crippen molar-refractivity contribution >= 4 is 44.9 Å². The zero-order valence-corrected chi connectivity index (χ0v) is 28.9. The van der Waals surface area contributed by atoms with Crippen LogP contribution in [0.3, 0.4) is 0 Å². The van der Waals surface area contributed by atoms with Gasteiger partial charge < -0.3 is 14.4 Å². The first kappa shape index (κ1) is 34.7. The summed E-state index contributed by atoms with van der Waals surface area (Å²) in [6, 6.07) is 4.68. The third-order valence-electron chi connectivity index (χ3n) is 9.58. The lowest BCUT2D eigenvalue weighted by Gasteiger charge is -2.35. The average molecular weight is 686 g/mol. The lowest BCUT2D eigenvalue weighted by atomic mass is 9.77. The number of nitrogens with zero attached hydrogens (tertiary/aromatic N) is 2. The fraction of sp³-hybridized carbons (Fsp3) is 0.559. The van der Waals surface area contributed by atoms with E-state index in [-0.39, 0.29) is 49.5 Å². The summed E-state index contributed by atoms with van der Waals surface area (Å²) in [6.07, 6.45) is 4.44. The molecule has 0 radical (unpaired) electrons. The van der Waals surface area contributed by atoms with Crippen LogP contribution in [0.25, 0.3) is 11.3 Å². The molecule has 1 unspecified atom stereocenters. The molecule has 1 aliphatic heterocycles. The number of sulfonamides is 1. The molecule has 1 saturated heterocycles. The molecule has 2 saturated carbocycles. The number of aromatic nitrogens is 1. The molecule has 0 bridgehead atoms. The number of methoxy groups -OCH3 is 1. The van der Waals surface area contributed by atoms with E-state index in [1.807, 2.05) is 43.7 Å². The number of carbonyl (C=O) groups is 4. The predicted molar refractivity (Wildman–Crippen MR) is 177 cm³/mol. The van der Waals surface area contributed by atoms with Gasteiger partial charge in [-0.3, -0.25) is 28.9 Å². The summed E-state index contributed by atoms with van der Waals surface area (Å²) in [5.41, 5.74) is -0.118. The van der Waals surface area contributed by atoms with Crippen LogP contribution in [0.4, 0.5) is 0 Å². The van der Waals surface area contributed by atoms with Gasteiger partial charge >= 0.3 is 5.97 Å². The Hall–Kier alpha value is -3.58. The van der Waals surface area contributed by atoms with Crippen LogP contribution in [-0.4, -0.2) is 73.4 Å². The van der Waals surface area contributed by atoms with Crippen LogP contribution in [0, 0.1) is 28.6 Å². The minimum absolute atomic E-state index is 0.149. The van der Waals surface area contributed by atoms with Crippen molar-refractivity contribution in [1.29, 1.82) is 0 Å². The van der Waals surface area contributed by atoms with E-state index < -0.39 is 49.9 Å². The second-order valence-electron chi connectivity index (χ2n) is 14.0. The van der Waals surface area contributed by atoms with Crippen molar-refractivity contribution in [3.05, 3.63) is 47.8 Å². The Kier molecular flexibility index (Phi) is 9.98. The number of likely N-dealkylation sites (tertiary alicyclic amines) is 1. The predicted octanol–water partition coefficient (Wildman–Crippen LogP) is 4.39. The van der Waals surface area contributed by atoms with Gasteiger partial charge in [0.05, 0.1) is 48.5 Å². The van der Waals surface area contributed by atoms with Gasteiger partial charge in [0, 0.05) is 42.1 Å². The third kappa shape index (κ3) is 7.77. The van der Waals surface area contributed by atoms with Crippen LogP contribution >= 0.6 is 11.3 Å². The number of nitrogens with one attached hydrogen (secondary N) is 1. The largest absolute Gasteiger partial charge is 0.493 e. The van der Waals surface area contributed by atoms with E-state index in [1.54, 1.807) is 29.7 Å². The van der Waals surface area contributed by atoms with Crippen LogP contribution in [0.1, 0.15) is 59.3 Å². The summed E-state index contributed by atoms with van der Waals surface area (Å²) in [4.78, 5) is 60.0. The SMILES string of the molecule is C=CC1C[C@]1(CC(=O)[C@@H]1C[C@@H](COc2ccnc(-c3ccsc3)c2)CN1C(=O)[C@@H](CC(=O)OC)C(C)(C)C)C(=O)NS(=O)(=O)C1CC1. The summed E-state index contributed by atoms with van der Waals surface area (Å²) in [5, 5.41) is 3.37. The number of hydrogen-bond acceptors (Lipinski definition) is 10. The highest BCUT2D eigenvalue weighted by molar-refractivity contribution is 7.90. The summed E-state index contributed by atoms with van der Waals surface area (Å²) in [7, 11) is -2.55. The monoisotopic (exact) mass is 685 g/mol. The van der Waals surface area contributed by atoms with E-state index >= 15 is 0 Å². The first-order valence-corrected chi connectivity index (χ1v) is 18.4. The van der Waals surface area contributed by atoms with Crippen molar-refractivity contribution in [3.8, 4) is 17.0 Å². The molecule has 254 valence electrons. The highest BCUT2D eigenvalue weighted by atomic mass is 32.2. The maximum Gasteiger partial charge on any atom is 0.306 e. The van der Waals surface area contributed by atoms with Gasteiger partial charge in [-0.2, -0.15) is 11.3 Å². The molecule has 13 heteroatoms. The Labute approximate surface area is 280 Å². The normalized spacial score (nSPS) is 24.7. The molecule has 0 spiro atoms. The number of Topliss-reactive ketones (excluding diaryl/α,β-unsaturated/α-hetero) is 1. The van der Waals surface area contributed by atoms with Crippen LogP contribution in [0.15, 0.2) is 47.8 Å². The number of hydrogen-bond donors (Lipinski definition) is 1. The van der Waals surface area contributed by atoms with Gasteiger partial charge in [0.2, 0.25) is 21.8 Å². The maximum atomic E-state index is 14.2. The van der Waals surface area contributed by atoms with Gasteiger partial charge in [-0.05, 0) is 54.5 Å². The molecule has 3 aliphatic rings. The second-order valence-corrected chi connectivity index (χ2v) is 16.8. The number of ketones is 1. The van der Waals surface area contributed by atoms with Crippen molar-refractivity contribution in [2.24, 2.45) is 28.6 Å². The first-order valence-electron chi connectivity index (χ1n) is 15.9. The van der Waals surface area contributed by atoms with E-state index in [0.29, 0.717) is 31.4 Å². The smallest absolute Gasteiger partial charge is 0.306 e. The molecule has 0 aromatic carbocycles. The molecular formula is C34H43N3O8S2. The van der Waals surface area contributed by atoms with Crippen molar-refractivity contribution in [1.82, 2.24) is 14.6 Å². The van der Waals surface area contributed by atoms with Crippen LogP contribution in [0.2, 0.25) is 0 Å². The molecule has 5 atom stereocenters. The number of ether oxygens (including phenoxy) is 2. The molecule has 2 amide bonds. The number of thiophene rings is 1. The van der Waals surface area contributed by atoms with E-state index in [1.165, 1.54) is 12.0 Å². The van der Waals surface area contributed by atoms with Gasteiger partial charge in [0.15, 0.2) is 5.78 Å². The van der Waals surface area contributed by atoms with E-state index in [0.717, 1.165) is 11.3 Å². The number of pyridine rings is 1. The third-order valence-corrected chi connectivity index (χ3v) is 12.1. The molecule has 2 aromatic rings. The molecule has 2 aliphatic carbocycles. The Bertz CT molecular complexity index is 1630. The van der Waals surface area contributed by atoms with E-state index in [4.69, 9.17) is 9.47 Å². The number of allylic oxidation sites excluding steroid dienone is 1. The minimum Gasteiger partial charge on any atom is -0.493 e. The molecule has 47 heavy (non-hydrogen) atoms. The van der Waals surface area contributed by atoms with Gasteiger partial charge in [-0.1, -0.05) is 26.8 Å². The van der Waals surface area contributed by atoms with Gasteiger partial charge in [0.25, 0.3) is 0 Å². The topological polar surface area (TPSA) is 149 Å². The highest BCUT2D eigenvalue weighted by Crippen LogP contribution is 2.57. The van der Waals surface area contributed by atoms with Crippen molar-refractivity contribution in [2.75, 3.05) is 20.3 Å². The van der Waals surface area contributed by atoms with Crippen LogP contribution in [-0.2, 0) is 33.9 Å². The molecule has 3 fully saturated rings. The number of rotatable bonds is 14. The Morgan fingerprint density at radius 2 is 1.98 bits per heavy atom. The molecule has 2 aromatic heterocycles. The van der Waals surface area contributed by atoms with Crippen molar-refractivity contribution in [2.45, 2.75) is 70.6 Å². The molecule has 3 heterocycles. The highest BCUT2D eigenvalue weighted by Gasteiger charge is 2.61. The van der Waals surface area contributed by atoms with Gasteiger partial charge in [-0.15, -0.1) is 6.58 Å². The maximum absolute atomic E-state index is 14.2. The summed E-state index contributed by atoms with van der Waals surface area (Å²) in [5.74, 6) is -2.66. The zero-order valence-electron chi connectivity index (χ0n) is 27.3. The quantitative estimate of drug-likeness (QED) is 0.226. The molecule has 11 nitrogen and oxygen atoms in total. The molecule has 1 N–H and O–H groups in total. The summed E-state index contributed by atoms with van der Waals surface area (Å²) in [6.45, 7) is 9.81. The average Bonchev–Trinajstić information content (AvgIpc) is 3.89. The molecule has 5 rings (SSSR count). The van der Waals surface area contributed by atoms with Gasteiger partial charge in [0.1, 0.15) is 5.75 Å². The molecular weight excluding hydrogens is 643 g/mol. The minimum atomic E-state index is -3.82. The lowest BCUT2D eigenvalue weighted by Crippen LogP contribution is -2.48. The zero-order chi connectivity index (χ0) is 34.1. The van der Waals surface area contributed by atoms with Crippen LogP contribution in [0.5, 0.6) is 5.75 Å². The van der Waals surface area contributed by atoms with Crippen molar-refractivity contribution in [3.63, 3.8) is 0 Å². The number of esters is 1. The number of carbonyl (C=O) groups excluding carboxylic acids is 4. The number of amides is 2. The van der Waals surface area contributed by atoms with E-state index in [2.05, 4.69) is 16.3 Å². The second kappa shape index (κ2) is 13.5. The fourth-order valence-corrected chi connectivity index (χ4v) is 8.43. The Morgan fingerprint density at radius 1 is 1.23 bits per heavy atom. The van der Waals surface area contributed by atoms with Gasteiger partial charge in [-0.25, -0.2) is 8.42 Å². The summed E-state index contributed by atoms with van der Waals surface area (Å²) < 4.78 is 38.5. The first-order chi connectivity index (χ1) is 22.2. The standard InChI is InChI=1S/C34H43N3O8S2/c1-6-23-16-34(23,32(41)36-47(42,43)25-7-8-25)17-29(38)28-13-21(18-37(28)31(40)26(33(2,3)4)15-30(39)44-5)19-45-24-9-11-35-27(14-24)22-10-12-46-20-22/h6,9-12,14,20-21,23,25-26,28H,1,7-8,13,15-19H2,2-5H3,(H,36,41)/t21-,23?,26-,28+,34-/m1/s1. The fourth-order valence-electron chi connectivity index (χ4n) is 6.40.